The molecule has 2 heteroatoms. The third kappa shape index (κ3) is 2.70. The Morgan fingerprint density at radius 3 is 2.53 bits per heavy atom. The van der Waals surface area contributed by atoms with Crippen molar-refractivity contribution in [1.82, 2.24) is 10.2 Å². The molecule has 0 spiro atoms. The second-order valence-electron chi connectivity index (χ2n) is 6.68. The van der Waals surface area contributed by atoms with Crippen LogP contribution in [0.3, 0.4) is 0 Å². The molecule has 2 unspecified atom stereocenters. The fourth-order valence-corrected chi connectivity index (χ4v) is 3.73. The van der Waals surface area contributed by atoms with Crippen molar-refractivity contribution >= 4 is 0 Å². The number of hydrogen-bond donors (Lipinski definition) is 1. The molecule has 0 aromatic heterocycles. The third-order valence-electron chi connectivity index (χ3n) is 5.04. The predicted molar refractivity (Wildman–Crippen MR) is 78.3 cm³/mol. The van der Waals surface area contributed by atoms with E-state index in [-0.39, 0.29) is 0 Å². The summed E-state index contributed by atoms with van der Waals surface area (Å²) in [4.78, 5) is 2.64. The summed E-state index contributed by atoms with van der Waals surface area (Å²) >= 11 is 0. The van der Waals surface area contributed by atoms with E-state index in [0.717, 1.165) is 24.5 Å². The van der Waals surface area contributed by atoms with Crippen LogP contribution in [-0.2, 0) is 6.54 Å². The SMILES string of the molecule is c1cc(C2CC2)ccc1CN1CCC2CCC(C1)N2. The fourth-order valence-electron chi connectivity index (χ4n) is 3.73. The summed E-state index contributed by atoms with van der Waals surface area (Å²) in [5, 5.41) is 3.76. The minimum Gasteiger partial charge on any atom is -0.310 e. The van der Waals surface area contributed by atoms with Crippen molar-refractivity contribution in [3.8, 4) is 0 Å². The van der Waals surface area contributed by atoms with Gasteiger partial charge in [-0.15, -0.1) is 0 Å². The molecule has 3 fully saturated rings. The van der Waals surface area contributed by atoms with Crippen LogP contribution in [0.4, 0.5) is 0 Å². The first-order valence-corrected chi connectivity index (χ1v) is 7.94. The van der Waals surface area contributed by atoms with Crippen LogP contribution in [0.25, 0.3) is 0 Å². The Labute approximate surface area is 116 Å². The lowest BCUT2D eigenvalue weighted by atomic mass is 10.1. The Morgan fingerprint density at radius 1 is 0.947 bits per heavy atom. The minimum atomic E-state index is 0.748. The number of rotatable bonds is 3. The van der Waals surface area contributed by atoms with E-state index in [0.29, 0.717) is 0 Å². The molecular formula is C17H24N2. The number of hydrogen-bond acceptors (Lipinski definition) is 2. The van der Waals surface area contributed by atoms with E-state index in [1.165, 1.54) is 50.8 Å². The van der Waals surface area contributed by atoms with Gasteiger partial charge in [0.05, 0.1) is 0 Å². The highest BCUT2D eigenvalue weighted by Crippen LogP contribution is 2.39. The van der Waals surface area contributed by atoms with Gasteiger partial charge in [0, 0.05) is 31.7 Å². The van der Waals surface area contributed by atoms with E-state index in [1.54, 1.807) is 5.56 Å². The van der Waals surface area contributed by atoms with Crippen LogP contribution < -0.4 is 5.32 Å². The summed E-state index contributed by atoms with van der Waals surface area (Å²) in [7, 11) is 0. The summed E-state index contributed by atoms with van der Waals surface area (Å²) in [6.07, 6.45) is 6.91. The highest BCUT2D eigenvalue weighted by atomic mass is 15.2. The first-order valence-electron chi connectivity index (χ1n) is 7.94. The average molecular weight is 256 g/mol. The quantitative estimate of drug-likeness (QED) is 0.894. The van der Waals surface area contributed by atoms with E-state index in [9.17, 15) is 0 Å². The van der Waals surface area contributed by atoms with E-state index < -0.39 is 0 Å². The van der Waals surface area contributed by atoms with Crippen LogP contribution >= 0.6 is 0 Å². The lowest BCUT2D eigenvalue weighted by Gasteiger charge is -2.24. The summed E-state index contributed by atoms with van der Waals surface area (Å²) in [6.45, 7) is 3.63. The molecule has 0 amide bonds. The number of benzene rings is 1. The highest BCUT2D eigenvalue weighted by Gasteiger charge is 2.29. The molecule has 2 atom stereocenters. The largest absolute Gasteiger partial charge is 0.310 e. The van der Waals surface area contributed by atoms with Gasteiger partial charge in [-0.1, -0.05) is 24.3 Å². The topological polar surface area (TPSA) is 15.3 Å². The predicted octanol–water partition coefficient (Wildman–Crippen LogP) is 2.89. The molecule has 3 aliphatic rings. The van der Waals surface area contributed by atoms with E-state index >= 15 is 0 Å². The molecule has 2 aliphatic heterocycles. The maximum absolute atomic E-state index is 3.76. The fraction of sp³-hybridized carbons (Fsp3) is 0.647. The van der Waals surface area contributed by atoms with Crippen LogP contribution in [-0.4, -0.2) is 30.1 Å². The molecule has 1 aromatic carbocycles. The molecule has 102 valence electrons. The number of fused-ring (bicyclic) bond motifs is 2. The second kappa shape index (κ2) is 4.92. The standard InChI is InChI=1S/C17H24N2/c1-3-14(15-5-6-15)4-2-13(1)11-19-10-9-16-7-8-17(12-19)18-16/h1-4,15-18H,5-12H2. The molecular weight excluding hydrogens is 232 g/mol. The summed E-state index contributed by atoms with van der Waals surface area (Å²) in [6, 6.07) is 11.0. The first-order chi connectivity index (χ1) is 9.37. The van der Waals surface area contributed by atoms with Gasteiger partial charge in [-0.05, 0) is 49.1 Å². The Balaban J connectivity index is 1.39. The monoisotopic (exact) mass is 256 g/mol. The average Bonchev–Trinajstić information content (AvgIpc) is 3.19. The summed E-state index contributed by atoms with van der Waals surface area (Å²) < 4.78 is 0. The zero-order valence-electron chi connectivity index (χ0n) is 11.6. The summed E-state index contributed by atoms with van der Waals surface area (Å²) in [5.74, 6) is 0.882. The molecule has 1 saturated carbocycles. The van der Waals surface area contributed by atoms with Crippen LogP contribution in [0.5, 0.6) is 0 Å². The van der Waals surface area contributed by atoms with Gasteiger partial charge >= 0.3 is 0 Å². The number of nitrogens with one attached hydrogen (secondary N) is 1. The van der Waals surface area contributed by atoms with Gasteiger partial charge in [0.15, 0.2) is 0 Å². The van der Waals surface area contributed by atoms with Gasteiger partial charge in [-0.2, -0.15) is 0 Å². The van der Waals surface area contributed by atoms with Crippen molar-refractivity contribution < 1.29 is 0 Å². The van der Waals surface area contributed by atoms with Crippen LogP contribution in [0.1, 0.15) is 49.1 Å². The van der Waals surface area contributed by atoms with Gasteiger partial charge in [0.1, 0.15) is 0 Å². The lowest BCUT2D eigenvalue weighted by molar-refractivity contribution is 0.251. The van der Waals surface area contributed by atoms with Gasteiger partial charge in [0.2, 0.25) is 0 Å². The smallest absolute Gasteiger partial charge is 0.0234 e. The third-order valence-corrected chi connectivity index (χ3v) is 5.04. The van der Waals surface area contributed by atoms with Gasteiger partial charge in [-0.3, -0.25) is 4.90 Å². The van der Waals surface area contributed by atoms with Crippen molar-refractivity contribution in [2.75, 3.05) is 13.1 Å². The Bertz CT molecular complexity index is 435. The van der Waals surface area contributed by atoms with Crippen molar-refractivity contribution in [1.29, 1.82) is 0 Å². The van der Waals surface area contributed by atoms with Crippen LogP contribution in [0.2, 0.25) is 0 Å². The molecule has 2 bridgehead atoms. The van der Waals surface area contributed by atoms with Crippen molar-refractivity contribution in [2.24, 2.45) is 0 Å². The van der Waals surface area contributed by atoms with Crippen molar-refractivity contribution in [2.45, 2.75) is 56.7 Å². The van der Waals surface area contributed by atoms with Gasteiger partial charge in [0.25, 0.3) is 0 Å². The lowest BCUT2D eigenvalue weighted by Crippen LogP contribution is -2.34. The molecule has 2 heterocycles. The highest BCUT2D eigenvalue weighted by molar-refractivity contribution is 5.28. The zero-order chi connectivity index (χ0) is 12.7. The molecule has 19 heavy (non-hydrogen) atoms. The zero-order valence-corrected chi connectivity index (χ0v) is 11.6. The maximum atomic E-state index is 3.76. The van der Waals surface area contributed by atoms with Crippen molar-refractivity contribution in [3.05, 3.63) is 35.4 Å². The normalized spacial score (nSPS) is 31.4. The Morgan fingerprint density at radius 2 is 1.74 bits per heavy atom. The van der Waals surface area contributed by atoms with Crippen molar-refractivity contribution in [3.63, 3.8) is 0 Å². The summed E-state index contributed by atoms with van der Waals surface area (Å²) in [5.41, 5.74) is 3.04. The van der Waals surface area contributed by atoms with Crippen LogP contribution in [0.15, 0.2) is 24.3 Å². The van der Waals surface area contributed by atoms with E-state index in [2.05, 4.69) is 34.5 Å². The van der Waals surface area contributed by atoms with E-state index in [4.69, 9.17) is 0 Å². The minimum absolute atomic E-state index is 0.748. The molecule has 0 radical (unpaired) electrons. The molecule has 2 nitrogen and oxygen atoms in total. The van der Waals surface area contributed by atoms with Crippen LogP contribution in [0, 0.1) is 0 Å². The Hall–Kier alpha value is -0.860. The molecule has 2 saturated heterocycles. The van der Waals surface area contributed by atoms with Gasteiger partial charge in [-0.25, -0.2) is 0 Å². The molecule has 1 N–H and O–H groups in total. The number of nitrogens with zero attached hydrogens (tertiary/aromatic N) is 1. The maximum Gasteiger partial charge on any atom is 0.0234 e. The van der Waals surface area contributed by atoms with Gasteiger partial charge < -0.3 is 5.32 Å². The second-order valence-corrected chi connectivity index (χ2v) is 6.68. The molecule has 1 aromatic rings. The Kier molecular flexibility index (Phi) is 3.08. The first kappa shape index (κ1) is 11.9. The van der Waals surface area contributed by atoms with E-state index in [1.807, 2.05) is 0 Å². The number of likely N-dealkylation sites (tertiary alicyclic amines) is 1. The molecule has 1 aliphatic carbocycles. The molecule has 4 rings (SSSR count).